The summed E-state index contributed by atoms with van der Waals surface area (Å²) in [5.41, 5.74) is 0.245. The van der Waals surface area contributed by atoms with E-state index in [4.69, 9.17) is 4.74 Å². The number of rotatable bonds is 5. The number of hydrogen-bond acceptors (Lipinski definition) is 5. The van der Waals surface area contributed by atoms with Gasteiger partial charge >= 0.3 is 16.6 Å². The highest BCUT2D eigenvalue weighted by atomic mass is 32.2. The lowest BCUT2D eigenvalue weighted by molar-refractivity contribution is -0.274. The standard InChI is InChI=1S/C19H16F3N3O5S/c1-25-16(18(26)23-12-7-9-13(10-8-12)30-19(20,21)22)11-15(24-31(25,27)28)14-5-3-4-6-17(14)29-2/h3-11H,1-2H3,(H,23,26). The van der Waals surface area contributed by atoms with Crippen LogP contribution in [0.1, 0.15) is 5.56 Å². The summed E-state index contributed by atoms with van der Waals surface area (Å²) >= 11 is 0. The highest BCUT2D eigenvalue weighted by Crippen LogP contribution is 2.27. The Hall–Kier alpha value is -3.54. The third-order valence-electron chi connectivity index (χ3n) is 4.13. The van der Waals surface area contributed by atoms with E-state index in [-0.39, 0.29) is 17.1 Å². The number of nitrogens with one attached hydrogen (secondary N) is 1. The van der Waals surface area contributed by atoms with Gasteiger partial charge in [-0.3, -0.25) is 4.79 Å². The molecule has 0 unspecified atom stereocenters. The number of alkyl halides is 3. The van der Waals surface area contributed by atoms with E-state index < -0.39 is 28.2 Å². The lowest BCUT2D eigenvalue weighted by Crippen LogP contribution is -2.35. The first-order valence-corrected chi connectivity index (χ1v) is 10.0. The van der Waals surface area contributed by atoms with Crippen molar-refractivity contribution in [1.82, 2.24) is 4.31 Å². The smallest absolute Gasteiger partial charge is 0.496 e. The molecule has 0 spiro atoms. The van der Waals surface area contributed by atoms with Gasteiger partial charge < -0.3 is 14.8 Å². The number of para-hydroxylation sites is 1. The van der Waals surface area contributed by atoms with Crippen LogP contribution in [0, 0.1) is 0 Å². The number of likely N-dealkylation sites (N-methyl/N-ethyl adjacent to an activating group) is 1. The fourth-order valence-corrected chi connectivity index (χ4v) is 3.59. The zero-order chi connectivity index (χ0) is 22.8. The summed E-state index contributed by atoms with van der Waals surface area (Å²) in [6, 6.07) is 10.9. The number of carbonyl (C=O) groups excluding carboxylic acids is 1. The average Bonchev–Trinajstić information content (AvgIpc) is 2.70. The van der Waals surface area contributed by atoms with Crippen LogP contribution in [0.3, 0.4) is 0 Å². The van der Waals surface area contributed by atoms with Crippen LogP contribution in [0.4, 0.5) is 18.9 Å². The lowest BCUT2D eigenvalue weighted by Gasteiger charge is -2.24. The number of ether oxygens (including phenoxy) is 2. The van der Waals surface area contributed by atoms with Gasteiger partial charge in [0.15, 0.2) is 0 Å². The first-order chi connectivity index (χ1) is 14.5. The van der Waals surface area contributed by atoms with Crippen molar-refractivity contribution in [2.24, 2.45) is 4.40 Å². The Bertz CT molecular complexity index is 1160. The molecule has 2 aromatic rings. The summed E-state index contributed by atoms with van der Waals surface area (Å²) < 4.78 is 75.1. The van der Waals surface area contributed by atoms with Crippen molar-refractivity contribution >= 4 is 27.5 Å². The van der Waals surface area contributed by atoms with Gasteiger partial charge in [-0.05, 0) is 42.5 Å². The molecule has 1 amide bonds. The van der Waals surface area contributed by atoms with Gasteiger partial charge in [-0.25, -0.2) is 4.31 Å². The molecule has 0 saturated heterocycles. The lowest BCUT2D eigenvalue weighted by atomic mass is 10.1. The number of allylic oxidation sites excluding steroid dienone is 1. The summed E-state index contributed by atoms with van der Waals surface area (Å²) in [4.78, 5) is 12.7. The molecule has 0 aromatic heterocycles. The molecule has 3 rings (SSSR count). The molecule has 0 fully saturated rings. The molecule has 1 N–H and O–H groups in total. The number of hydrogen-bond donors (Lipinski definition) is 1. The maximum atomic E-state index is 12.7. The Morgan fingerprint density at radius 2 is 1.74 bits per heavy atom. The van der Waals surface area contributed by atoms with Crippen LogP contribution in [0.15, 0.2) is 64.7 Å². The van der Waals surface area contributed by atoms with E-state index in [1.54, 1.807) is 24.3 Å². The third-order valence-corrected chi connectivity index (χ3v) is 5.45. The summed E-state index contributed by atoms with van der Waals surface area (Å²) in [5, 5.41) is 2.43. The van der Waals surface area contributed by atoms with Gasteiger partial charge in [0.05, 0.1) is 12.8 Å². The van der Waals surface area contributed by atoms with E-state index in [1.807, 2.05) is 0 Å². The summed E-state index contributed by atoms with van der Waals surface area (Å²) in [5.74, 6) is -0.914. The minimum atomic E-state index is -4.84. The van der Waals surface area contributed by atoms with Crippen molar-refractivity contribution in [3.63, 3.8) is 0 Å². The van der Waals surface area contributed by atoms with Gasteiger partial charge in [0.1, 0.15) is 17.2 Å². The number of anilines is 1. The fourth-order valence-electron chi connectivity index (χ4n) is 2.68. The van der Waals surface area contributed by atoms with Crippen molar-refractivity contribution in [3.8, 4) is 11.5 Å². The number of halogens is 3. The SMILES string of the molecule is COc1ccccc1C1=NS(=O)(=O)N(C)C(C(=O)Nc2ccc(OC(F)(F)F)cc2)=C1. The van der Waals surface area contributed by atoms with E-state index in [0.717, 1.165) is 19.2 Å². The minimum absolute atomic E-state index is 0.00498. The van der Waals surface area contributed by atoms with Gasteiger partial charge in [-0.15, -0.1) is 17.6 Å². The van der Waals surface area contributed by atoms with Gasteiger partial charge in [0.25, 0.3) is 5.91 Å². The number of nitrogens with zero attached hydrogens (tertiary/aromatic N) is 2. The number of benzene rings is 2. The monoisotopic (exact) mass is 455 g/mol. The normalized spacial score (nSPS) is 15.6. The molecule has 0 aliphatic carbocycles. The largest absolute Gasteiger partial charge is 0.573 e. The fraction of sp³-hybridized carbons (Fsp3) is 0.158. The van der Waals surface area contributed by atoms with Crippen LogP contribution in [-0.2, 0) is 15.0 Å². The number of carbonyl (C=O) groups is 1. The van der Waals surface area contributed by atoms with Gasteiger partial charge in [-0.1, -0.05) is 12.1 Å². The van der Waals surface area contributed by atoms with Gasteiger partial charge in [0.2, 0.25) is 0 Å². The summed E-state index contributed by atoms with van der Waals surface area (Å²) in [6.07, 6.45) is -3.57. The molecule has 2 aromatic carbocycles. The Labute approximate surface area is 175 Å². The van der Waals surface area contributed by atoms with Crippen LogP contribution >= 0.6 is 0 Å². The first kappa shape index (κ1) is 22.2. The number of amides is 1. The molecule has 0 atom stereocenters. The van der Waals surface area contributed by atoms with E-state index in [0.29, 0.717) is 15.6 Å². The minimum Gasteiger partial charge on any atom is -0.496 e. The average molecular weight is 455 g/mol. The molecule has 0 bridgehead atoms. The molecule has 164 valence electrons. The molecule has 31 heavy (non-hydrogen) atoms. The van der Waals surface area contributed by atoms with Crippen LogP contribution in [0.5, 0.6) is 11.5 Å². The predicted octanol–water partition coefficient (Wildman–Crippen LogP) is 3.10. The maximum absolute atomic E-state index is 12.7. The van der Waals surface area contributed by atoms with E-state index in [1.165, 1.54) is 25.3 Å². The Balaban J connectivity index is 1.89. The molecule has 0 saturated carbocycles. The molecule has 12 heteroatoms. The van der Waals surface area contributed by atoms with Crippen molar-refractivity contribution < 1.29 is 35.9 Å². The maximum Gasteiger partial charge on any atom is 0.573 e. The van der Waals surface area contributed by atoms with Gasteiger partial charge in [0, 0.05) is 18.3 Å². The quantitative estimate of drug-likeness (QED) is 0.747. The zero-order valence-electron chi connectivity index (χ0n) is 16.2. The van der Waals surface area contributed by atoms with Crippen LogP contribution < -0.4 is 14.8 Å². The molecule has 1 heterocycles. The molecular formula is C19H16F3N3O5S. The second-order valence-electron chi connectivity index (χ2n) is 6.18. The van der Waals surface area contributed by atoms with Crippen LogP contribution in [0.25, 0.3) is 0 Å². The van der Waals surface area contributed by atoms with Crippen molar-refractivity contribution in [2.45, 2.75) is 6.36 Å². The second-order valence-corrected chi connectivity index (χ2v) is 7.80. The van der Waals surface area contributed by atoms with E-state index in [9.17, 15) is 26.4 Å². The van der Waals surface area contributed by atoms with E-state index >= 15 is 0 Å². The first-order valence-electron chi connectivity index (χ1n) is 8.61. The highest BCUT2D eigenvalue weighted by Gasteiger charge is 2.32. The van der Waals surface area contributed by atoms with Crippen LogP contribution in [-0.4, -0.2) is 44.9 Å². The predicted molar refractivity (Wildman–Crippen MR) is 106 cm³/mol. The van der Waals surface area contributed by atoms with Crippen molar-refractivity contribution in [3.05, 3.63) is 65.9 Å². The molecule has 8 nitrogen and oxygen atoms in total. The Morgan fingerprint density at radius 1 is 1.10 bits per heavy atom. The molecular weight excluding hydrogens is 439 g/mol. The van der Waals surface area contributed by atoms with Gasteiger partial charge in [-0.2, -0.15) is 8.42 Å². The second kappa shape index (κ2) is 8.30. The van der Waals surface area contributed by atoms with Crippen molar-refractivity contribution in [2.75, 3.05) is 19.5 Å². The molecule has 1 aliphatic rings. The van der Waals surface area contributed by atoms with Crippen LogP contribution in [0.2, 0.25) is 0 Å². The van der Waals surface area contributed by atoms with Crippen molar-refractivity contribution in [1.29, 1.82) is 0 Å². The number of methoxy groups -OCH3 is 1. The van der Waals surface area contributed by atoms with E-state index in [2.05, 4.69) is 14.5 Å². The highest BCUT2D eigenvalue weighted by molar-refractivity contribution is 7.88. The zero-order valence-corrected chi connectivity index (χ0v) is 17.0. The summed E-state index contributed by atoms with van der Waals surface area (Å²) in [7, 11) is -1.64. The topological polar surface area (TPSA) is 97.3 Å². The molecule has 0 radical (unpaired) electrons. The third kappa shape index (κ3) is 5.15. The Kier molecular flexibility index (Phi) is 5.93. The molecule has 1 aliphatic heterocycles. The summed E-state index contributed by atoms with van der Waals surface area (Å²) in [6.45, 7) is 0. The Morgan fingerprint density at radius 3 is 2.35 bits per heavy atom.